The van der Waals surface area contributed by atoms with E-state index in [-0.39, 0.29) is 11.5 Å². The van der Waals surface area contributed by atoms with Crippen LogP contribution in [-0.4, -0.2) is 38.3 Å². The Kier molecular flexibility index (Phi) is 9.09. The van der Waals surface area contributed by atoms with Crippen LogP contribution in [0.25, 0.3) is 44.5 Å². The van der Waals surface area contributed by atoms with Crippen LogP contribution in [0.5, 0.6) is 0 Å². The molecule has 10 aromatic rings. The van der Waals surface area contributed by atoms with Gasteiger partial charge in [-0.1, -0.05) is 59.7 Å². The zero-order valence-corrected chi connectivity index (χ0v) is 32.0. The van der Waals surface area contributed by atoms with Crippen LogP contribution < -0.4 is 22.8 Å². The van der Waals surface area contributed by atoms with E-state index in [0.717, 1.165) is 48.4 Å². The quantitative estimate of drug-likeness (QED) is 0.193. The van der Waals surface area contributed by atoms with Gasteiger partial charge in [-0.15, -0.1) is 10.2 Å². The number of aromatic nitrogens is 8. The van der Waals surface area contributed by atoms with Gasteiger partial charge in [0, 0.05) is 10.8 Å². The van der Waals surface area contributed by atoms with Crippen molar-refractivity contribution in [2.24, 2.45) is 0 Å². The van der Waals surface area contributed by atoms with E-state index in [1.165, 1.54) is 27.1 Å². The summed E-state index contributed by atoms with van der Waals surface area (Å²) in [6.07, 6.45) is 1.30. The highest BCUT2D eigenvalue weighted by Gasteiger charge is 2.17. The molecule has 0 fully saturated rings. The van der Waals surface area contributed by atoms with Gasteiger partial charge in [-0.3, -0.25) is 0 Å². The first kappa shape index (κ1) is 36.2. The second kappa shape index (κ2) is 14.6. The minimum Gasteiger partial charge on any atom is -0.306 e. The van der Waals surface area contributed by atoms with E-state index in [9.17, 15) is 23.6 Å². The van der Waals surface area contributed by atoms with Crippen molar-refractivity contribution in [3.8, 4) is 11.4 Å². The molecule has 0 bridgehead atoms. The number of rotatable bonds is 6. The first-order chi connectivity index (χ1) is 28.1. The second-order valence-electron chi connectivity index (χ2n) is 14.1. The standard InChI is InChI=1S/C23H17FN4O2.C21H16N4O2S/c1-14-5-8-18(9-6-14)28-23(30)27-21(26-28)19-13-16(7-10-20(19)25-22(27)29)11-15-3-2-4-17(24)12-15;1-13-2-5-16(6-3-13)25-21(27)24-19(23-25)17-11-14(10-15-8-9-28-12-15)4-7-18(17)22-20(24)26/h2-10,12-13H,11H2,1H3,(H,25,29);2-9,11-12H,10H2,1H3,(H,22,26). The van der Waals surface area contributed by atoms with Crippen LogP contribution >= 0.6 is 11.3 Å². The molecule has 0 saturated heterocycles. The van der Waals surface area contributed by atoms with Gasteiger partial charge < -0.3 is 9.97 Å². The van der Waals surface area contributed by atoms with Gasteiger partial charge in [0.15, 0.2) is 11.3 Å². The molecule has 0 atom stereocenters. The van der Waals surface area contributed by atoms with Crippen molar-refractivity contribution < 1.29 is 4.39 Å². The number of halogens is 1. The Hall–Kier alpha value is -7.45. The lowest BCUT2D eigenvalue weighted by molar-refractivity contribution is 0.626. The normalized spacial score (nSPS) is 11.4. The summed E-state index contributed by atoms with van der Waals surface area (Å²) in [5, 5.41) is 14.5. The number of benzene rings is 5. The number of aryl methyl sites for hydroxylation is 2. The van der Waals surface area contributed by atoms with Crippen molar-refractivity contribution in [2.75, 3.05) is 0 Å². The molecule has 0 aliphatic carbocycles. The van der Waals surface area contributed by atoms with E-state index in [1.807, 2.05) is 86.6 Å². The summed E-state index contributed by atoms with van der Waals surface area (Å²) in [4.78, 5) is 56.3. The molecule has 5 heterocycles. The molecule has 0 amide bonds. The van der Waals surface area contributed by atoms with Gasteiger partial charge in [-0.25, -0.2) is 23.6 Å². The number of aromatic amines is 2. The number of H-pyrrole nitrogens is 2. The second-order valence-corrected chi connectivity index (χ2v) is 14.9. The molecule has 2 N–H and O–H groups in total. The molecule has 14 heteroatoms. The van der Waals surface area contributed by atoms with Gasteiger partial charge in [-0.2, -0.15) is 29.5 Å². The SMILES string of the molecule is Cc1ccc(-n2nc3c4cc(Cc5cccc(F)c5)ccc4[nH]c(=O)n3c2=O)cc1.Cc1ccc(-n2nc3c4cc(Cc5ccsc5)ccc4[nH]c(=O)n3c2=O)cc1. The number of hydrogen-bond acceptors (Lipinski definition) is 7. The first-order valence-corrected chi connectivity index (χ1v) is 19.3. The minimum atomic E-state index is -0.543. The zero-order chi connectivity index (χ0) is 40.1. The van der Waals surface area contributed by atoms with Crippen LogP contribution in [0.15, 0.2) is 145 Å². The van der Waals surface area contributed by atoms with E-state index < -0.39 is 22.8 Å². The van der Waals surface area contributed by atoms with Gasteiger partial charge in [-0.05, 0) is 126 Å². The molecule has 0 aliphatic rings. The molecule has 5 aromatic carbocycles. The summed E-state index contributed by atoms with van der Waals surface area (Å²) >= 11 is 1.66. The average molecular weight is 789 g/mol. The van der Waals surface area contributed by atoms with Crippen LogP contribution in [0.3, 0.4) is 0 Å². The Morgan fingerprint density at radius 3 is 1.52 bits per heavy atom. The third-order valence-corrected chi connectivity index (χ3v) is 10.7. The van der Waals surface area contributed by atoms with Crippen molar-refractivity contribution >= 4 is 44.4 Å². The van der Waals surface area contributed by atoms with Gasteiger partial charge >= 0.3 is 22.8 Å². The maximum atomic E-state index is 13.5. The number of fused-ring (bicyclic) bond motifs is 6. The molecule has 12 nitrogen and oxygen atoms in total. The molecular formula is C44H33FN8O4S. The lowest BCUT2D eigenvalue weighted by atomic mass is 10.0. The largest absolute Gasteiger partial charge is 0.359 e. The fourth-order valence-corrected chi connectivity index (χ4v) is 7.67. The van der Waals surface area contributed by atoms with Crippen LogP contribution in [0.2, 0.25) is 0 Å². The summed E-state index contributed by atoms with van der Waals surface area (Å²) in [5.74, 6) is -0.289. The van der Waals surface area contributed by atoms with E-state index >= 15 is 0 Å². The number of nitrogens with zero attached hydrogens (tertiary/aromatic N) is 6. The average Bonchev–Trinajstić information content (AvgIpc) is 3.95. The third-order valence-electron chi connectivity index (χ3n) is 9.94. The lowest BCUT2D eigenvalue weighted by Gasteiger charge is -2.05. The third kappa shape index (κ3) is 6.75. The van der Waals surface area contributed by atoms with Gasteiger partial charge in [0.2, 0.25) is 0 Å². The van der Waals surface area contributed by atoms with Crippen molar-refractivity contribution in [1.82, 2.24) is 38.3 Å². The Bertz CT molecular complexity index is 3410. The van der Waals surface area contributed by atoms with Gasteiger partial charge in [0.05, 0.1) is 22.4 Å². The highest BCUT2D eigenvalue weighted by atomic mass is 32.1. The van der Waals surface area contributed by atoms with Crippen molar-refractivity contribution in [2.45, 2.75) is 26.7 Å². The molecule has 0 radical (unpaired) electrons. The maximum absolute atomic E-state index is 13.5. The van der Waals surface area contributed by atoms with E-state index in [1.54, 1.807) is 35.6 Å². The number of thiophene rings is 1. The van der Waals surface area contributed by atoms with E-state index in [0.29, 0.717) is 39.9 Å². The van der Waals surface area contributed by atoms with Gasteiger partial charge in [0.25, 0.3) is 0 Å². The zero-order valence-electron chi connectivity index (χ0n) is 31.1. The summed E-state index contributed by atoms with van der Waals surface area (Å²) in [6, 6.07) is 34.7. The van der Waals surface area contributed by atoms with Crippen LogP contribution in [0, 0.1) is 19.7 Å². The molecule has 58 heavy (non-hydrogen) atoms. The molecular weight excluding hydrogens is 756 g/mol. The maximum Gasteiger partial charge on any atom is 0.359 e. The summed E-state index contributed by atoms with van der Waals surface area (Å²) in [5.41, 5.74) is 7.25. The van der Waals surface area contributed by atoms with Crippen LogP contribution in [0.4, 0.5) is 4.39 Å². The first-order valence-electron chi connectivity index (χ1n) is 18.3. The minimum absolute atomic E-state index is 0.278. The van der Waals surface area contributed by atoms with Gasteiger partial charge in [0.1, 0.15) is 5.82 Å². The van der Waals surface area contributed by atoms with Crippen LogP contribution in [-0.2, 0) is 12.8 Å². The molecule has 0 aliphatic heterocycles. The fraction of sp³-hybridized carbons (Fsp3) is 0.0909. The van der Waals surface area contributed by atoms with E-state index in [2.05, 4.69) is 37.0 Å². The highest BCUT2D eigenvalue weighted by molar-refractivity contribution is 7.07. The monoisotopic (exact) mass is 788 g/mol. The smallest absolute Gasteiger partial charge is 0.306 e. The fourth-order valence-electron chi connectivity index (χ4n) is 7.00. The summed E-state index contributed by atoms with van der Waals surface area (Å²) in [6.45, 7) is 3.93. The van der Waals surface area contributed by atoms with Crippen molar-refractivity contribution in [3.05, 3.63) is 207 Å². The van der Waals surface area contributed by atoms with Crippen LogP contribution in [0.1, 0.15) is 33.4 Å². The molecule has 286 valence electrons. The topological polar surface area (TPSA) is 144 Å². The Morgan fingerprint density at radius 1 is 0.569 bits per heavy atom. The summed E-state index contributed by atoms with van der Waals surface area (Å²) < 4.78 is 18.1. The van der Waals surface area contributed by atoms with Crippen molar-refractivity contribution in [1.29, 1.82) is 0 Å². The summed E-state index contributed by atoms with van der Waals surface area (Å²) in [7, 11) is 0. The van der Waals surface area contributed by atoms with E-state index in [4.69, 9.17) is 0 Å². The number of hydrogen-bond donors (Lipinski definition) is 2. The lowest BCUT2D eigenvalue weighted by Crippen LogP contribution is -2.29. The molecule has 0 saturated carbocycles. The van der Waals surface area contributed by atoms with Crippen molar-refractivity contribution in [3.63, 3.8) is 0 Å². The predicted octanol–water partition coefficient (Wildman–Crippen LogP) is 6.65. The Labute approximate surface area is 331 Å². The Balaban J connectivity index is 0.000000151. The molecule has 5 aromatic heterocycles. The molecule has 0 unspecified atom stereocenters. The molecule has 0 spiro atoms. The Morgan fingerprint density at radius 2 is 1.05 bits per heavy atom. The predicted molar refractivity (Wildman–Crippen MR) is 224 cm³/mol. The number of nitrogens with one attached hydrogen (secondary N) is 2. The highest BCUT2D eigenvalue weighted by Crippen LogP contribution is 2.22. The molecule has 10 rings (SSSR count).